The zero-order valence-corrected chi connectivity index (χ0v) is 15.0. The minimum atomic E-state index is -4.45. The molecule has 3 heterocycles. The molecule has 1 aliphatic rings. The molecule has 0 unspecified atom stereocenters. The molecule has 1 saturated heterocycles. The van der Waals surface area contributed by atoms with Crippen LogP contribution in [-0.2, 0) is 12.6 Å². The van der Waals surface area contributed by atoms with Crippen LogP contribution < -0.4 is 10.2 Å². The first-order valence-corrected chi connectivity index (χ1v) is 8.79. The van der Waals surface area contributed by atoms with Gasteiger partial charge in [-0.1, -0.05) is 18.5 Å². The Bertz CT molecular complexity index is 760. The third-order valence-electron chi connectivity index (χ3n) is 4.40. The molecule has 2 aromatic heterocycles. The fourth-order valence-corrected chi connectivity index (χ4v) is 3.12. The van der Waals surface area contributed by atoms with Gasteiger partial charge in [-0.05, 0) is 25.3 Å². The first kappa shape index (κ1) is 18.7. The third kappa shape index (κ3) is 4.35. The molecule has 0 amide bonds. The highest BCUT2D eigenvalue weighted by molar-refractivity contribution is 6.33. The Morgan fingerprint density at radius 1 is 1.19 bits per heavy atom. The lowest BCUT2D eigenvalue weighted by atomic mass is 10.0. The first-order valence-electron chi connectivity index (χ1n) is 8.42. The fraction of sp³-hybridized carbons (Fsp3) is 0.471. The number of hydrogen-bond acceptors (Lipinski definition) is 5. The van der Waals surface area contributed by atoms with E-state index in [9.17, 15) is 13.2 Å². The highest BCUT2D eigenvalue weighted by Gasteiger charge is 2.32. The van der Waals surface area contributed by atoms with Crippen molar-refractivity contribution in [1.82, 2.24) is 15.0 Å². The Balaban J connectivity index is 1.60. The molecule has 1 aliphatic heterocycles. The predicted molar refractivity (Wildman–Crippen MR) is 94.5 cm³/mol. The molecule has 0 atom stereocenters. The SMILES string of the molecule is CCc1cc(N2CCC(Nc3ncc(C(F)(F)F)cc3Cl)CC2)ncn1. The van der Waals surface area contributed by atoms with E-state index in [2.05, 4.69) is 25.2 Å². The van der Waals surface area contributed by atoms with Crippen LogP contribution in [0.1, 0.15) is 31.0 Å². The summed E-state index contributed by atoms with van der Waals surface area (Å²) in [5.74, 6) is 1.19. The molecule has 26 heavy (non-hydrogen) atoms. The number of aromatic nitrogens is 3. The second-order valence-corrected chi connectivity index (χ2v) is 6.59. The maximum absolute atomic E-state index is 12.7. The van der Waals surface area contributed by atoms with Crippen molar-refractivity contribution in [2.24, 2.45) is 0 Å². The van der Waals surface area contributed by atoms with E-state index in [4.69, 9.17) is 11.6 Å². The van der Waals surface area contributed by atoms with Crippen molar-refractivity contribution in [3.8, 4) is 0 Å². The quantitative estimate of drug-likeness (QED) is 0.855. The van der Waals surface area contributed by atoms with E-state index in [1.165, 1.54) is 0 Å². The topological polar surface area (TPSA) is 53.9 Å². The van der Waals surface area contributed by atoms with E-state index >= 15 is 0 Å². The van der Waals surface area contributed by atoms with Crippen LogP contribution in [0.3, 0.4) is 0 Å². The Hall–Kier alpha value is -2.09. The number of rotatable bonds is 4. The molecule has 3 rings (SSSR count). The summed E-state index contributed by atoms with van der Waals surface area (Å²) in [5.41, 5.74) is 0.148. The van der Waals surface area contributed by atoms with Gasteiger partial charge in [0.1, 0.15) is 18.0 Å². The molecule has 0 aromatic carbocycles. The van der Waals surface area contributed by atoms with Gasteiger partial charge in [-0.3, -0.25) is 0 Å². The van der Waals surface area contributed by atoms with Crippen LogP contribution in [0.15, 0.2) is 24.7 Å². The van der Waals surface area contributed by atoms with E-state index < -0.39 is 11.7 Å². The van der Waals surface area contributed by atoms with E-state index in [0.29, 0.717) is 0 Å². The number of anilines is 2. The minimum Gasteiger partial charge on any atom is -0.366 e. The van der Waals surface area contributed by atoms with Crippen LogP contribution in [0.25, 0.3) is 0 Å². The lowest BCUT2D eigenvalue weighted by Crippen LogP contribution is -2.39. The van der Waals surface area contributed by atoms with Crippen molar-refractivity contribution >= 4 is 23.2 Å². The van der Waals surface area contributed by atoms with Crippen LogP contribution in [0.4, 0.5) is 24.8 Å². The summed E-state index contributed by atoms with van der Waals surface area (Å²) in [7, 11) is 0. The summed E-state index contributed by atoms with van der Waals surface area (Å²) >= 11 is 5.96. The summed E-state index contributed by atoms with van der Waals surface area (Å²) in [6.07, 6.45) is 0.400. The molecule has 0 bridgehead atoms. The van der Waals surface area contributed by atoms with Crippen LogP contribution >= 0.6 is 11.6 Å². The molecule has 0 saturated carbocycles. The molecule has 5 nitrogen and oxygen atoms in total. The fourth-order valence-electron chi connectivity index (χ4n) is 2.90. The smallest absolute Gasteiger partial charge is 0.366 e. The molecule has 140 valence electrons. The van der Waals surface area contributed by atoms with Crippen LogP contribution in [0.5, 0.6) is 0 Å². The van der Waals surface area contributed by atoms with E-state index in [0.717, 1.165) is 56.1 Å². The van der Waals surface area contributed by atoms with Gasteiger partial charge in [0, 0.05) is 37.1 Å². The maximum atomic E-state index is 12.7. The van der Waals surface area contributed by atoms with Gasteiger partial charge in [0.15, 0.2) is 0 Å². The van der Waals surface area contributed by atoms with Gasteiger partial charge in [-0.2, -0.15) is 13.2 Å². The molecular weight excluding hydrogens is 367 g/mol. The van der Waals surface area contributed by atoms with Crippen LogP contribution in [-0.4, -0.2) is 34.1 Å². The maximum Gasteiger partial charge on any atom is 0.417 e. The highest BCUT2D eigenvalue weighted by Crippen LogP contribution is 2.33. The van der Waals surface area contributed by atoms with Gasteiger partial charge >= 0.3 is 6.18 Å². The number of pyridine rings is 1. The van der Waals surface area contributed by atoms with Gasteiger partial charge < -0.3 is 10.2 Å². The van der Waals surface area contributed by atoms with Gasteiger partial charge in [0.05, 0.1) is 10.6 Å². The number of aryl methyl sites for hydroxylation is 1. The van der Waals surface area contributed by atoms with E-state index in [1.807, 2.05) is 13.0 Å². The van der Waals surface area contributed by atoms with Crippen molar-refractivity contribution in [3.63, 3.8) is 0 Å². The lowest BCUT2D eigenvalue weighted by molar-refractivity contribution is -0.137. The van der Waals surface area contributed by atoms with Crippen LogP contribution in [0, 0.1) is 0 Å². The number of hydrogen-bond donors (Lipinski definition) is 1. The summed E-state index contributed by atoms with van der Waals surface area (Å²) in [6.45, 7) is 3.62. The third-order valence-corrected chi connectivity index (χ3v) is 4.69. The summed E-state index contributed by atoms with van der Waals surface area (Å²) in [4.78, 5) is 14.5. The second kappa shape index (κ2) is 7.65. The molecule has 0 spiro atoms. The van der Waals surface area contributed by atoms with Gasteiger partial charge in [0.2, 0.25) is 0 Å². The molecule has 9 heteroatoms. The monoisotopic (exact) mass is 385 g/mol. The second-order valence-electron chi connectivity index (χ2n) is 6.18. The molecule has 2 aromatic rings. The molecular formula is C17H19ClF3N5. The standard InChI is InChI=1S/C17H19ClF3N5/c1-2-12-8-15(24-10-23-12)26-5-3-13(4-6-26)25-16-14(18)7-11(9-22-16)17(19,20)21/h7-10,13H,2-6H2,1H3,(H,22,25). The highest BCUT2D eigenvalue weighted by atomic mass is 35.5. The average molecular weight is 386 g/mol. The minimum absolute atomic E-state index is 0.0226. The molecule has 0 aliphatic carbocycles. The van der Waals surface area contributed by atoms with E-state index in [1.54, 1.807) is 6.33 Å². The number of halogens is 4. The van der Waals surface area contributed by atoms with Gasteiger partial charge in [-0.25, -0.2) is 15.0 Å². The van der Waals surface area contributed by atoms with Crippen LogP contribution in [0.2, 0.25) is 5.02 Å². The molecule has 0 radical (unpaired) electrons. The van der Waals surface area contributed by atoms with Gasteiger partial charge in [-0.15, -0.1) is 0 Å². The first-order chi connectivity index (χ1) is 12.4. The summed E-state index contributed by atoms with van der Waals surface area (Å²) < 4.78 is 38.0. The number of nitrogens with one attached hydrogen (secondary N) is 1. The number of nitrogens with zero attached hydrogens (tertiary/aromatic N) is 4. The van der Waals surface area contributed by atoms with E-state index in [-0.39, 0.29) is 16.9 Å². The van der Waals surface area contributed by atoms with Crippen molar-refractivity contribution in [1.29, 1.82) is 0 Å². The van der Waals surface area contributed by atoms with Gasteiger partial charge in [0.25, 0.3) is 0 Å². The zero-order chi connectivity index (χ0) is 18.7. The molecule has 1 N–H and O–H groups in total. The molecule has 1 fully saturated rings. The van der Waals surface area contributed by atoms with Crippen molar-refractivity contribution < 1.29 is 13.2 Å². The average Bonchev–Trinajstić information content (AvgIpc) is 2.63. The zero-order valence-electron chi connectivity index (χ0n) is 14.2. The normalized spacial score (nSPS) is 16.0. The Kier molecular flexibility index (Phi) is 5.50. The number of piperidine rings is 1. The Morgan fingerprint density at radius 3 is 2.54 bits per heavy atom. The predicted octanol–water partition coefficient (Wildman–Crippen LogP) is 4.19. The lowest BCUT2D eigenvalue weighted by Gasteiger charge is -2.33. The van der Waals surface area contributed by atoms with Crippen molar-refractivity contribution in [3.05, 3.63) is 40.9 Å². The Morgan fingerprint density at radius 2 is 1.92 bits per heavy atom. The summed E-state index contributed by atoms with van der Waals surface area (Å²) in [5, 5.41) is 3.13. The largest absolute Gasteiger partial charge is 0.417 e. The number of alkyl halides is 3. The van der Waals surface area contributed by atoms with Crippen molar-refractivity contribution in [2.75, 3.05) is 23.3 Å². The Labute approximate surface area is 154 Å². The van der Waals surface area contributed by atoms with Crippen molar-refractivity contribution in [2.45, 2.75) is 38.4 Å². The summed E-state index contributed by atoms with van der Waals surface area (Å²) in [6, 6.07) is 2.99.